The SMILES string of the molecule is O=C(NC1=NCCS1)c1nc(-c2cccs2)n(-c2cccc(F)c2)n1. The van der Waals surface area contributed by atoms with Crippen LogP contribution in [0.15, 0.2) is 46.8 Å². The van der Waals surface area contributed by atoms with Crippen LogP contribution in [0.5, 0.6) is 0 Å². The van der Waals surface area contributed by atoms with Crippen molar-refractivity contribution >= 4 is 34.2 Å². The maximum atomic E-state index is 13.6. The minimum absolute atomic E-state index is 0.0165. The lowest BCUT2D eigenvalue weighted by Gasteiger charge is -2.04. The molecule has 0 radical (unpaired) electrons. The van der Waals surface area contributed by atoms with Gasteiger partial charge in [0.05, 0.1) is 17.1 Å². The summed E-state index contributed by atoms with van der Waals surface area (Å²) in [7, 11) is 0. The van der Waals surface area contributed by atoms with Gasteiger partial charge in [0.2, 0.25) is 5.82 Å². The van der Waals surface area contributed by atoms with Gasteiger partial charge in [-0.2, -0.15) is 0 Å². The zero-order valence-electron chi connectivity index (χ0n) is 12.8. The number of carbonyl (C=O) groups is 1. The molecule has 0 atom stereocenters. The zero-order valence-corrected chi connectivity index (χ0v) is 14.5. The Morgan fingerprint density at radius 3 is 2.92 bits per heavy atom. The summed E-state index contributed by atoms with van der Waals surface area (Å²) in [6.07, 6.45) is 0. The number of thiophene rings is 1. The second-order valence-electron chi connectivity index (χ2n) is 5.12. The number of benzene rings is 1. The fourth-order valence-corrected chi connectivity index (χ4v) is 3.75. The van der Waals surface area contributed by atoms with Crippen molar-refractivity contribution in [2.75, 3.05) is 12.3 Å². The third-order valence-corrected chi connectivity index (χ3v) is 5.17. The van der Waals surface area contributed by atoms with Gasteiger partial charge >= 0.3 is 0 Å². The molecule has 2 aromatic heterocycles. The molecule has 126 valence electrons. The van der Waals surface area contributed by atoms with Crippen molar-refractivity contribution < 1.29 is 9.18 Å². The lowest BCUT2D eigenvalue weighted by Crippen LogP contribution is -2.28. The normalized spacial score (nSPS) is 13.7. The van der Waals surface area contributed by atoms with Crippen LogP contribution in [-0.4, -0.2) is 38.1 Å². The first-order valence-electron chi connectivity index (χ1n) is 7.46. The van der Waals surface area contributed by atoms with E-state index in [-0.39, 0.29) is 11.6 Å². The molecule has 3 aromatic rings. The van der Waals surface area contributed by atoms with Crippen molar-refractivity contribution in [2.24, 2.45) is 4.99 Å². The Morgan fingerprint density at radius 2 is 2.20 bits per heavy atom. The quantitative estimate of drug-likeness (QED) is 0.766. The van der Waals surface area contributed by atoms with E-state index < -0.39 is 5.91 Å². The second kappa shape index (κ2) is 6.77. The Hall–Kier alpha value is -2.52. The molecule has 0 aliphatic carbocycles. The number of amidine groups is 1. The lowest BCUT2D eigenvalue weighted by atomic mass is 10.3. The number of carbonyl (C=O) groups excluding carboxylic acids is 1. The Morgan fingerprint density at radius 1 is 1.28 bits per heavy atom. The number of hydrogen-bond donors (Lipinski definition) is 1. The Kier molecular flexibility index (Phi) is 4.33. The number of hydrogen-bond acceptors (Lipinski definition) is 6. The van der Waals surface area contributed by atoms with Crippen LogP contribution < -0.4 is 5.32 Å². The summed E-state index contributed by atoms with van der Waals surface area (Å²) in [5, 5.41) is 9.48. The largest absolute Gasteiger partial charge is 0.299 e. The third-order valence-electron chi connectivity index (χ3n) is 3.41. The van der Waals surface area contributed by atoms with Gasteiger partial charge < -0.3 is 0 Å². The number of halogens is 1. The Labute approximate surface area is 150 Å². The lowest BCUT2D eigenvalue weighted by molar-refractivity contribution is 0.0968. The zero-order chi connectivity index (χ0) is 17.2. The number of rotatable bonds is 3. The van der Waals surface area contributed by atoms with E-state index in [1.165, 1.54) is 39.9 Å². The van der Waals surface area contributed by atoms with Crippen molar-refractivity contribution in [3.63, 3.8) is 0 Å². The average Bonchev–Trinajstić information content (AvgIpc) is 3.35. The molecule has 0 fully saturated rings. The minimum atomic E-state index is -0.430. The fourth-order valence-electron chi connectivity index (χ4n) is 2.33. The van der Waals surface area contributed by atoms with Crippen molar-refractivity contribution in [3.05, 3.63) is 53.4 Å². The van der Waals surface area contributed by atoms with Gasteiger partial charge in [0.1, 0.15) is 5.82 Å². The molecule has 1 aliphatic heterocycles. The number of aliphatic imine (C=N–C) groups is 1. The van der Waals surface area contributed by atoms with Crippen LogP contribution in [0, 0.1) is 5.82 Å². The molecule has 1 aromatic carbocycles. The van der Waals surface area contributed by atoms with Gasteiger partial charge in [0.25, 0.3) is 5.91 Å². The summed E-state index contributed by atoms with van der Waals surface area (Å²) in [5.41, 5.74) is 0.502. The highest BCUT2D eigenvalue weighted by molar-refractivity contribution is 8.14. The number of thioether (sulfide) groups is 1. The van der Waals surface area contributed by atoms with Gasteiger partial charge in [-0.25, -0.2) is 14.1 Å². The van der Waals surface area contributed by atoms with E-state index in [0.717, 1.165) is 10.6 Å². The Bertz CT molecular complexity index is 951. The monoisotopic (exact) mass is 373 g/mol. The highest BCUT2D eigenvalue weighted by atomic mass is 32.2. The molecular formula is C16H12FN5OS2. The number of nitrogens with zero attached hydrogens (tertiary/aromatic N) is 4. The summed E-state index contributed by atoms with van der Waals surface area (Å²) < 4.78 is 15.1. The minimum Gasteiger partial charge on any atom is -0.299 e. The molecule has 0 spiro atoms. The van der Waals surface area contributed by atoms with E-state index in [9.17, 15) is 9.18 Å². The summed E-state index contributed by atoms with van der Waals surface area (Å²) in [5.74, 6) is 0.546. The Balaban J connectivity index is 1.74. The first kappa shape index (κ1) is 16.0. The molecule has 1 N–H and O–H groups in total. The summed E-state index contributed by atoms with van der Waals surface area (Å²) in [4.78, 5) is 21.8. The number of aromatic nitrogens is 3. The summed E-state index contributed by atoms with van der Waals surface area (Å²) in [6, 6.07) is 9.78. The summed E-state index contributed by atoms with van der Waals surface area (Å²) in [6.45, 7) is 0.686. The first-order chi connectivity index (χ1) is 12.2. The van der Waals surface area contributed by atoms with E-state index in [2.05, 4.69) is 20.4 Å². The van der Waals surface area contributed by atoms with Crippen molar-refractivity contribution in [2.45, 2.75) is 0 Å². The molecule has 3 heterocycles. The van der Waals surface area contributed by atoms with Gasteiger partial charge in [0.15, 0.2) is 11.0 Å². The van der Waals surface area contributed by atoms with E-state index >= 15 is 0 Å². The van der Waals surface area contributed by atoms with Crippen LogP contribution in [0.2, 0.25) is 0 Å². The van der Waals surface area contributed by atoms with Gasteiger partial charge in [-0.1, -0.05) is 23.9 Å². The van der Waals surface area contributed by atoms with Gasteiger partial charge in [0, 0.05) is 5.75 Å². The van der Waals surface area contributed by atoms with Crippen LogP contribution in [0.4, 0.5) is 4.39 Å². The standard InChI is InChI=1S/C16H12FN5OS2/c17-10-3-1-4-11(9-10)22-14(12-5-2-7-24-12)19-13(21-22)15(23)20-16-18-6-8-25-16/h1-5,7,9H,6,8H2,(H,18,20,23). The van der Waals surface area contributed by atoms with Crippen LogP contribution in [0.3, 0.4) is 0 Å². The van der Waals surface area contributed by atoms with Crippen molar-refractivity contribution in [1.82, 2.24) is 20.1 Å². The van der Waals surface area contributed by atoms with Crippen LogP contribution in [-0.2, 0) is 0 Å². The fraction of sp³-hybridized carbons (Fsp3) is 0.125. The maximum absolute atomic E-state index is 13.6. The van der Waals surface area contributed by atoms with Crippen molar-refractivity contribution in [1.29, 1.82) is 0 Å². The average molecular weight is 373 g/mol. The highest BCUT2D eigenvalue weighted by Gasteiger charge is 2.21. The number of amides is 1. The predicted octanol–water partition coefficient (Wildman–Crippen LogP) is 2.97. The second-order valence-corrected chi connectivity index (χ2v) is 7.15. The molecule has 0 bridgehead atoms. The van der Waals surface area contributed by atoms with Gasteiger partial charge in [-0.3, -0.25) is 15.1 Å². The molecule has 0 saturated heterocycles. The predicted molar refractivity (Wildman–Crippen MR) is 96.9 cm³/mol. The molecule has 4 rings (SSSR count). The van der Waals surface area contributed by atoms with E-state index in [4.69, 9.17) is 0 Å². The first-order valence-corrected chi connectivity index (χ1v) is 9.33. The van der Waals surface area contributed by atoms with Crippen molar-refractivity contribution in [3.8, 4) is 16.4 Å². The topological polar surface area (TPSA) is 72.2 Å². The molecule has 1 amide bonds. The smallest absolute Gasteiger partial charge is 0.296 e. The van der Waals surface area contributed by atoms with Crippen LogP contribution in [0.1, 0.15) is 10.6 Å². The number of nitrogens with one attached hydrogen (secondary N) is 1. The van der Waals surface area contributed by atoms with Crippen LogP contribution in [0.25, 0.3) is 16.4 Å². The molecule has 0 saturated carbocycles. The molecular weight excluding hydrogens is 361 g/mol. The van der Waals surface area contributed by atoms with Gasteiger partial charge in [-0.15, -0.1) is 16.4 Å². The summed E-state index contributed by atoms with van der Waals surface area (Å²) >= 11 is 2.95. The van der Waals surface area contributed by atoms with Gasteiger partial charge in [-0.05, 0) is 29.6 Å². The molecule has 1 aliphatic rings. The van der Waals surface area contributed by atoms with E-state index in [0.29, 0.717) is 23.2 Å². The molecule has 25 heavy (non-hydrogen) atoms. The molecule has 6 nitrogen and oxygen atoms in total. The van der Waals surface area contributed by atoms with E-state index in [1.54, 1.807) is 12.1 Å². The van der Waals surface area contributed by atoms with E-state index in [1.807, 2.05) is 17.5 Å². The van der Waals surface area contributed by atoms with Crippen LogP contribution >= 0.6 is 23.1 Å². The third kappa shape index (κ3) is 3.33. The molecule has 0 unspecified atom stereocenters. The highest BCUT2D eigenvalue weighted by Crippen LogP contribution is 2.26. The molecule has 9 heteroatoms. The maximum Gasteiger partial charge on any atom is 0.296 e.